The summed E-state index contributed by atoms with van der Waals surface area (Å²) in [6, 6.07) is 0. The minimum atomic E-state index is -1.13. The lowest BCUT2D eigenvalue weighted by atomic mass is 9.43. The van der Waals surface area contributed by atoms with Crippen molar-refractivity contribution in [3.8, 4) is 0 Å². The van der Waals surface area contributed by atoms with Gasteiger partial charge in [-0.2, -0.15) is 0 Å². The summed E-state index contributed by atoms with van der Waals surface area (Å²) in [6.45, 7) is 15.0. The number of aliphatic carboxylic acids is 1. The van der Waals surface area contributed by atoms with Crippen molar-refractivity contribution in [3.63, 3.8) is 0 Å². The van der Waals surface area contributed by atoms with Crippen molar-refractivity contribution in [2.24, 2.45) is 51.0 Å². The molecule has 1 saturated heterocycles. The van der Waals surface area contributed by atoms with Crippen LogP contribution in [0.15, 0.2) is 29.5 Å². The number of ether oxygens (including phenoxy) is 2. The van der Waals surface area contributed by atoms with Crippen LogP contribution < -0.4 is 0 Å². The summed E-state index contributed by atoms with van der Waals surface area (Å²) < 4.78 is 12.7. The molecule has 5 rings (SSSR count). The van der Waals surface area contributed by atoms with Gasteiger partial charge in [-0.1, -0.05) is 44.9 Å². The smallest absolute Gasteiger partial charge is 0.315 e. The highest BCUT2D eigenvalue weighted by Gasteiger charge is 2.84. The van der Waals surface area contributed by atoms with Gasteiger partial charge in [0.1, 0.15) is 5.41 Å². The maximum Gasteiger partial charge on any atom is 0.315 e. The van der Waals surface area contributed by atoms with Crippen molar-refractivity contribution < 1.29 is 24.6 Å². The molecular formula is C28H42N2O5. The largest absolute Gasteiger partial charge is 0.481 e. The van der Waals surface area contributed by atoms with Crippen LogP contribution in [0.2, 0.25) is 0 Å². The number of morpholine rings is 1. The van der Waals surface area contributed by atoms with Gasteiger partial charge in [0.2, 0.25) is 0 Å². The average Bonchev–Trinajstić information content (AvgIpc) is 3.35. The quantitative estimate of drug-likeness (QED) is 0.228. The fraction of sp³-hybridized carbons (Fsp3) is 0.786. The number of hydrogen-bond donors (Lipinski definition) is 2. The number of carbonyl (C=O) groups is 1. The van der Waals surface area contributed by atoms with Crippen LogP contribution >= 0.6 is 0 Å². The van der Waals surface area contributed by atoms with E-state index in [0.717, 1.165) is 37.9 Å². The Morgan fingerprint density at radius 3 is 2.77 bits per heavy atom. The van der Waals surface area contributed by atoms with Gasteiger partial charge in [-0.15, -0.1) is 11.7 Å². The molecule has 5 aliphatic rings. The Kier molecular flexibility index (Phi) is 6.21. The Labute approximate surface area is 209 Å². The molecule has 0 spiro atoms. The zero-order valence-corrected chi connectivity index (χ0v) is 21.7. The van der Waals surface area contributed by atoms with Crippen LogP contribution in [0.1, 0.15) is 53.4 Å². The van der Waals surface area contributed by atoms with Crippen LogP contribution in [-0.4, -0.2) is 66.0 Å². The van der Waals surface area contributed by atoms with Gasteiger partial charge in [0.05, 0.1) is 18.9 Å². The van der Waals surface area contributed by atoms with Gasteiger partial charge in [0.25, 0.3) is 0 Å². The van der Waals surface area contributed by atoms with Gasteiger partial charge >= 0.3 is 5.97 Å². The third-order valence-corrected chi connectivity index (χ3v) is 10.4. The summed E-state index contributed by atoms with van der Waals surface area (Å²) in [5, 5.41) is 24.6. The molecule has 9 atom stereocenters. The predicted octanol–water partition coefficient (Wildman–Crippen LogP) is 4.42. The first-order chi connectivity index (χ1) is 16.7. The summed E-state index contributed by atoms with van der Waals surface area (Å²) in [5.74, 6) is 0.511. The van der Waals surface area contributed by atoms with Gasteiger partial charge in [-0.3, -0.25) is 9.69 Å². The molecule has 7 nitrogen and oxygen atoms in total. The Hall–Kier alpha value is -1.70. The second-order valence-corrected chi connectivity index (χ2v) is 12.3. The second kappa shape index (κ2) is 8.70. The minimum absolute atomic E-state index is 0.0375. The minimum Gasteiger partial charge on any atom is -0.481 e. The number of nitrogens with zero attached hydrogens (tertiary/aromatic N) is 2. The molecule has 35 heavy (non-hydrogen) atoms. The number of fused-ring (bicyclic) bond motifs is 2. The highest BCUT2D eigenvalue weighted by Crippen LogP contribution is 2.82. The van der Waals surface area contributed by atoms with Gasteiger partial charge < -0.3 is 19.8 Å². The van der Waals surface area contributed by atoms with Crippen LogP contribution in [0.3, 0.4) is 0 Å². The molecule has 4 bridgehead atoms. The molecule has 1 heterocycles. The van der Waals surface area contributed by atoms with Crippen LogP contribution in [0.4, 0.5) is 0 Å². The molecule has 7 heteroatoms. The topological polar surface area (TPSA) is 91.6 Å². The van der Waals surface area contributed by atoms with Gasteiger partial charge in [-0.25, -0.2) is 0 Å². The van der Waals surface area contributed by atoms with Crippen molar-refractivity contribution in [3.05, 3.63) is 24.3 Å². The van der Waals surface area contributed by atoms with Crippen molar-refractivity contribution in [1.82, 2.24) is 4.90 Å². The number of carboxylic acid groups (broad SMARTS) is 1. The molecule has 4 aliphatic carbocycles. The fourth-order valence-corrected chi connectivity index (χ4v) is 9.42. The second-order valence-electron chi connectivity index (χ2n) is 12.3. The molecule has 0 aromatic carbocycles. The van der Waals surface area contributed by atoms with E-state index in [0.29, 0.717) is 31.4 Å². The number of carboxylic acids is 1. The molecule has 2 N–H and O–H groups in total. The fourth-order valence-electron chi connectivity index (χ4n) is 9.42. The lowest BCUT2D eigenvalue weighted by Gasteiger charge is -2.59. The Morgan fingerprint density at radius 2 is 2.11 bits per heavy atom. The number of hydrogen-bond acceptors (Lipinski definition) is 6. The molecule has 3 saturated carbocycles. The van der Waals surface area contributed by atoms with E-state index in [2.05, 4.69) is 50.4 Å². The van der Waals surface area contributed by atoms with E-state index in [4.69, 9.17) is 9.47 Å². The first kappa shape index (κ1) is 25.0. The molecule has 0 aromatic heterocycles. The first-order valence-corrected chi connectivity index (χ1v) is 13.4. The van der Waals surface area contributed by atoms with E-state index in [1.807, 2.05) is 6.08 Å². The Morgan fingerprint density at radius 1 is 1.34 bits per heavy atom. The Bertz CT molecular complexity index is 932. The predicted molar refractivity (Wildman–Crippen MR) is 133 cm³/mol. The zero-order valence-electron chi connectivity index (χ0n) is 21.7. The maximum atomic E-state index is 13.6. The number of allylic oxidation sites excluding steroid dienone is 1. The summed E-state index contributed by atoms with van der Waals surface area (Å²) in [4.78, 5) is 15.9. The van der Waals surface area contributed by atoms with Gasteiger partial charge in [0, 0.05) is 30.5 Å². The molecule has 4 fully saturated rings. The van der Waals surface area contributed by atoms with E-state index in [9.17, 15) is 15.1 Å². The van der Waals surface area contributed by atoms with Crippen LogP contribution in [0.5, 0.6) is 0 Å². The normalized spacial score (nSPS) is 46.8. The van der Waals surface area contributed by atoms with Gasteiger partial charge in [-0.05, 0) is 55.8 Å². The standard InChI is InChI=1S/C28H42N2O5/c1-6-9-30-13-19(5)35-24(14-30)34-16-27-12-21-18(4)7-8-22(21)26(15-29-33)11-20(27)10-23(17(2)3)28(26,27)25(31)32/h6,10,15,17-22,24,33H,1,7-9,11-14,16H2,2-5H3,(H,31,32)/t18?,19-,20?,21?,22?,24-,26?,27?,28?/m1/s1. The summed E-state index contributed by atoms with van der Waals surface area (Å²) in [6.07, 6.45) is 9.04. The van der Waals surface area contributed by atoms with Gasteiger partial charge in [0.15, 0.2) is 6.29 Å². The number of oxime groups is 1. The molecule has 1 aliphatic heterocycles. The highest BCUT2D eigenvalue weighted by atomic mass is 16.7. The number of rotatable bonds is 8. The molecule has 0 radical (unpaired) electrons. The summed E-state index contributed by atoms with van der Waals surface area (Å²) in [7, 11) is 0. The van der Waals surface area contributed by atoms with Crippen molar-refractivity contribution in [1.29, 1.82) is 0 Å². The van der Waals surface area contributed by atoms with Crippen LogP contribution in [-0.2, 0) is 14.3 Å². The summed E-state index contributed by atoms with van der Waals surface area (Å²) in [5.41, 5.74) is -1.41. The highest BCUT2D eigenvalue weighted by molar-refractivity contribution is 5.91. The molecule has 0 amide bonds. The van der Waals surface area contributed by atoms with Crippen molar-refractivity contribution in [2.75, 3.05) is 26.2 Å². The van der Waals surface area contributed by atoms with E-state index >= 15 is 0 Å². The monoisotopic (exact) mass is 486 g/mol. The molecule has 194 valence electrons. The van der Waals surface area contributed by atoms with Crippen molar-refractivity contribution >= 4 is 12.2 Å². The lowest BCUT2D eigenvalue weighted by Crippen LogP contribution is -2.64. The third kappa shape index (κ3) is 3.20. The average molecular weight is 487 g/mol. The van der Waals surface area contributed by atoms with Crippen LogP contribution in [0.25, 0.3) is 0 Å². The third-order valence-electron chi connectivity index (χ3n) is 10.4. The summed E-state index contributed by atoms with van der Waals surface area (Å²) >= 11 is 0. The van der Waals surface area contributed by atoms with E-state index in [1.54, 1.807) is 6.21 Å². The SMILES string of the molecule is C=CCN1C[C@H](OCC23CC4C(C)CCC4C4(C=NO)CC2C=C(C(C)C)C43C(=O)O)O[C@H](C)C1. The van der Waals surface area contributed by atoms with E-state index in [1.165, 1.54) is 0 Å². The zero-order chi connectivity index (χ0) is 25.2. The lowest BCUT2D eigenvalue weighted by molar-refractivity contribution is -0.233. The van der Waals surface area contributed by atoms with E-state index in [-0.39, 0.29) is 23.9 Å². The van der Waals surface area contributed by atoms with Crippen molar-refractivity contribution in [2.45, 2.75) is 65.8 Å². The Balaban J connectivity index is 1.57. The first-order valence-electron chi connectivity index (χ1n) is 13.4. The molecular weight excluding hydrogens is 444 g/mol. The van der Waals surface area contributed by atoms with E-state index < -0.39 is 28.5 Å². The van der Waals surface area contributed by atoms with Crippen LogP contribution in [0, 0.1) is 45.8 Å². The molecule has 0 aromatic rings. The molecule has 7 unspecified atom stereocenters. The maximum absolute atomic E-state index is 13.6.